The Bertz CT molecular complexity index is 1300. The molecule has 1 aromatic carbocycles. The first-order valence-electron chi connectivity index (χ1n) is 10.8. The Labute approximate surface area is 196 Å². The van der Waals surface area contributed by atoms with Gasteiger partial charge in [0.15, 0.2) is 0 Å². The molecule has 33 heavy (non-hydrogen) atoms. The summed E-state index contributed by atoms with van der Waals surface area (Å²) in [5, 5.41) is 23.7. The molecular formula is C25H24N6OS. The first kappa shape index (κ1) is 21.3. The first-order valence-corrected chi connectivity index (χ1v) is 12.0. The zero-order valence-corrected chi connectivity index (χ0v) is 19.2. The third kappa shape index (κ3) is 4.38. The Hall–Kier alpha value is -3.54. The van der Waals surface area contributed by atoms with Crippen molar-refractivity contribution in [1.29, 1.82) is 5.26 Å². The lowest BCUT2D eigenvalue weighted by molar-refractivity contribution is 0.249. The zero-order valence-electron chi connectivity index (χ0n) is 18.3. The Morgan fingerprint density at radius 3 is 2.52 bits per heavy atom. The summed E-state index contributed by atoms with van der Waals surface area (Å²) in [5.41, 5.74) is 4.06. The number of benzene rings is 1. The van der Waals surface area contributed by atoms with E-state index in [0.29, 0.717) is 11.1 Å². The molecule has 0 spiro atoms. The number of hydrogen-bond acceptors (Lipinski definition) is 7. The van der Waals surface area contributed by atoms with E-state index in [2.05, 4.69) is 51.5 Å². The highest BCUT2D eigenvalue weighted by Crippen LogP contribution is 2.31. The number of nitrogens with zero attached hydrogens (tertiary/aromatic N) is 6. The van der Waals surface area contributed by atoms with E-state index in [4.69, 9.17) is 4.98 Å². The van der Waals surface area contributed by atoms with Gasteiger partial charge < -0.3 is 10.0 Å². The van der Waals surface area contributed by atoms with Crippen molar-refractivity contribution in [2.75, 3.05) is 37.3 Å². The quantitative estimate of drug-likeness (QED) is 0.454. The number of aromatic nitrogens is 3. The van der Waals surface area contributed by atoms with Crippen molar-refractivity contribution < 1.29 is 5.11 Å². The number of hydrogen-bond donors (Lipinski definition) is 1. The Kier molecular flexibility index (Phi) is 5.90. The minimum absolute atomic E-state index is 0.0911. The highest BCUT2D eigenvalue weighted by atomic mass is 32.2. The molecule has 1 fully saturated rings. The summed E-state index contributed by atoms with van der Waals surface area (Å²) in [6.07, 6.45) is 6.91. The molecule has 0 atom stereocenters. The number of anilines is 1. The van der Waals surface area contributed by atoms with Gasteiger partial charge in [-0.2, -0.15) is 10.4 Å². The molecule has 0 aliphatic carbocycles. The Balaban J connectivity index is 1.28. The van der Waals surface area contributed by atoms with Crippen LogP contribution >= 0.6 is 11.8 Å². The Morgan fingerprint density at radius 2 is 1.85 bits per heavy atom. The van der Waals surface area contributed by atoms with E-state index >= 15 is 0 Å². The topological polar surface area (TPSA) is 80.7 Å². The third-order valence-electron chi connectivity index (χ3n) is 6.04. The average Bonchev–Trinajstić information content (AvgIpc) is 3.27. The molecule has 1 saturated heterocycles. The standard InChI is InChI=1S/C25H24N6OS/c1-33-22-5-2-18(3-6-22)16-29-8-10-30(11-9-29)24-7-4-19(14-27-24)23-12-21(32)17-31-25(23)20(13-26)15-28-31/h2-7,12,14-15,17,32H,8-11,16H2,1H3. The van der Waals surface area contributed by atoms with Crippen molar-refractivity contribution in [3.05, 3.63) is 72.2 Å². The number of pyridine rings is 2. The molecule has 0 saturated carbocycles. The van der Waals surface area contributed by atoms with Crippen molar-refractivity contribution in [3.63, 3.8) is 0 Å². The van der Waals surface area contributed by atoms with Gasteiger partial charge in [0.2, 0.25) is 0 Å². The van der Waals surface area contributed by atoms with Gasteiger partial charge in [-0.3, -0.25) is 4.90 Å². The van der Waals surface area contributed by atoms with Crippen LogP contribution in [-0.4, -0.2) is 57.0 Å². The van der Waals surface area contributed by atoms with Gasteiger partial charge in [0.25, 0.3) is 0 Å². The highest BCUT2D eigenvalue weighted by molar-refractivity contribution is 7.98. The fraction of sp³-hybridized carbons (Fsp3) is 0.240. The number of piperazine rings is 1. The molecule has 0 unspecified atom stereocenters. The summed E-state index contributed by atoms with van der Waals surface area (Å²) in [5.74, 6) is 1.03. The number of fused-ring (bicyclic) bond motifs is 1. The minimum Gasteiger partial charge on any atom is -0.506 e. The normalized spacial score (nSPS) is 14.5. The largest absolute Gasteiger partial charge is 0.506 e. The van der Waals surface area contributed by atoms with Gasteiger partial charge in [-0.15, -0.1) is 11.8 Å². The molecule has 5 rings (SSSR count). The maximum atomic E-state index is 10.1. The molecule has 0 bridgehead atoms. The van der Waals surface area contributed by atoms with Crippen LogP contribution in [0.15, 0.2) is 66.0 Å². The third-order valence-corrected chi connectivity index (χ3v) is 6.78. The van der Waals surface area contributed by atoms with Crippen molar-refractivity contribution in [1.82, 2.24) is 19.5 Å². The fourth-order valence-corrected chi connectivity index (χ4v) is 4.67. The highest BCUT2D eigenvalue weighted by Gasteiger charge is 2.19. The summed E-state index contributed by atoms with van der Waals surface area (Å²) in [6, 6.07) is 16.6. The molecule has 166 valence electrons. The maximum absolute atomic E-state index is 10.1. The molecule has 4 aromatic rings. The van der Waals surface area contributed by atoms with E-state index in [1.807, 2.05) is 12.1 Å². The lowest BCUT2D eigenvalue weighted by atomic mass is 10.1. The van der Waals surface area contributed by atoms with E-state index < -0.39 is 0 Å². The van der Waals surface area contributed by atoms with Crippen molar-refractivity contribution in [2.45, 2.75) is 11.4 Å². The molecule has 0 amide bonds. The number of nitriles is 1. The fourth-order valence-electron chi connectivity index (χ4n) is 4.27. The average molecular weight is 457 g/mol. The van der Waals surface area contributed by atoms with E-state index in [9.17, 15) is 10.4 Å². The molecule has 1 N–H and O–H groups in total. The van der Waals surface area contributed by atoms with Crippen LogP contribution in [0, 0.1) is 11.3 Å². The molecule has 0 radical (unpaired) electrons. The van der Waals surface area contributed by atoms with E-state index in [1.165, 1.54) is 27.4 Å². The van der Waals surface area contributed by atoms with Gasteiger partial charge in [-0.25, -0.2) is 9.50 Å². The molecule has 4 heterocycles. The summed E-state index contributed by atoms with van der Waals surface area (Å²) in [4.78, 5) is 10.8. The number of thioether (sulfide) groups is 1. The predicted molar refractivity (Wildman–Crippen MR) is 131 cm³/mol. The number of rotatable bonds is 5. The maximum Gasteiger partial charge on any atom is 0.134 e. The van der Waals surface area contributed by atoms with Crippen LogP contribution in [0.4, 0.5) is 5.82 Å². The van der Waals surface area contributed by atoms with Gasteiger partial charge in [0.1, 0.15) is 17.6 Å². The van der Waals surface area contributed by atoms with E-state index in [-0.39, 0.29) is 5.75 Å². The van der Waals surface area contributed by atoms with Crippen LogP contribution in [-0.2, 0) is 6.54 Å². The molecule has 8 heteroatoms. The summed E-state index contributed by atoms with van der Waals surface area (Å²) in [6.45, 7) is 4.79. The molecule has 1 aliphatic rings. The lowest BCUT2D eigenvalue weighted by Gasteiger charge is -2.35. The number of aromatic hydroxyl groups is 1. The van der Waals surface area contributed by atoms with Gasteiger partial charge >= 0.3 is 0 Å². The van der Waals surface area contributed by atoms with Gasteiger partial charge in [-0.1, -0.05) is 12.1 Å². The van der Waals surface area contributed by atoms with Crippen LogP contribution in [0.5, 0.6) is 5.75 Å². The van der Waals surface area contributed by atoms with E-state index in [0.717, 1.165) is 49.7 Å². The minimum atomic E-state index is 0.0911. The smallest absolute Gasteiger partial charge is 0.134 e. The van der Waals surface area contributed by atoms with Crippen LogP contribution in [0.1, 0.15) is 11.1 Å². The molecule has 1 aliphatic heterocycles. The summed E-state index contributed by atoms with van der Waals surface area (Å²) in [7, 11) is 0. The second kappa shape index (κ2) is 9.14. The van der Waals surface area contributed by atoms with Crippen molar-refractivity contribution in [3.8, 4) is 22.9 Å². The second-order valence-electron chi connectivity index (χ2n) is 8.09. The van der Waals surface area contributed by atoms with Crippen molar-refractivity contribution >= 4 is 23.1 Å². The zero-order chi connectivity index (χ0) is 22.8. The second-order valence-corrected chi connectivity index (χ2v) is 8.97. The first-order chi connectivity index (χ1) is 16.1. The monoisotopic (exact) mass is 456 g/mol. The molecular weight excluding hydrogens is 432 g/mol. The van der Waals surface area contributed by atoms with E-state index in [1.54, 1.807) is 24.0 Å². The summed E-state index contributed by atoms with van der Waals surface area (Å²) >= 11 is 1.77. The lowest BCUT2D eigenvalue weighted by Crippen LogP contribution is -2.46. The van der Waals surface area contributed by atoms with Crippen LogP contribution in [0.2, 0.25) is 0 Å². The Morgan fingerprint density at radius 1 is 1.06 bits per heavy atom. The predicted octanol–water partition coefficient (Wildman–Crippen LogP) is 4.02. The van der Waals surface area contributed by atoms with Gasteiger partial charge in [-0.05, 0) is 42.2 Å². The van der Waals surface area contributed by atoms with Crippen LogP contribution in [0.25, 0.3) is 16.6 Å². The molecule has 7 nitrogen and oxygen atoms in total. The van der Waals surface area contributed by atoms with Gasteiger partial charge in [0.05, 0.1) is 23.5 Å². The SMILES string of the molecule is CSc1ccc(CN2CCN(c3ccc(-c4cc(O)cn5ncc(C#N)c45)cn3)CC2)cc1. The van der Waals surface area contributed by atoms with Crippen LogP contribution < -0.4 is 4.90 Å². The van der Waals surface area contributed by atoms with Crippen molar-refractivity contribution in [2.24, 2.45) is 0 Å². The van der Waals surface area contributed by atoms with Gasteiger partial charge in [0, 0.05) is 54.9 Å². The summed E-state index contributed by atoms with van der Waals surface area (Å²) < 4.78 is 1.53. The van der Waals surface area contributed by atoms with Crippen LogP contribution in [0.3, 0.4) is 0 Å². The molecule has 3 aromatic heterocycles.